The number of anilines is 1. The minimum atomic E-state index is -0.220. The monoisotopic (exact) mass is 533 g/mol. The molecule has 0 atom stereocenters. The van der Waals surface area contributed by atoms with E-state index in [1.165, 1.54) is 11.6 Å². The first kappa shape index (κ1) is 26.2. The summed E-state index contributed by atoms with van der Waals surface area (Å²) in [5, 5.41) is 9.72. The molecule has 0 radical (unpaired) electrons. The molecule has 39 heavy (non-hydrogen) atoms. The minimum Gasteiger partial charge on any atom is -0.457 e. The molecule has 0 spiro atoms. The zero-order valence-electron chi connectivity index (χ0n) is 22.3. The molecule has 0 aliphatic carbocycles. The van der Waals surface area contributed by atoms with Crippen LogP contribution in [0.3, 0.4) is 0 Å². The summed E-state index contributed by atoms with van der Waals surface area (Å²) in [5.41, 5.74) is 4.79. The van der Waals surface area contributed by atoms with Gasteiger partial charge in [0, 0.05) is 23.5 Å². The fourth-order valence-electron chi connectivity index (χ4n) is 4.10. The Hall–Kier alpha value is -4.42. The maximum Gasteiger partial charge on any atom is 0.248 e. The third-order valence-corrected chi connectivity index (χ3v) is 7.69. The van der Waals surface area contributed by atoms with Crippen LogP contribution in [0.2, 0.25) is 0 Å². The number of carbonyl (C=O) groups is 1. The molecular formula is C33H31N3O2S. The number of benzene rings is 3. The standard InChI is InChI=1S/C33H31N3O2S/c1-4-33(2,3)25-13-17-28(18-14-25)38-29-19-15-26(16-20-29)34-31(37)21-12-24-23-36(27-9-6-5-7-10-27)35-32(24)30-11-8-22-39-30/h5-23H,4H2,1-3H3,(H,34,37). The molecule has 1 amide bonds. The molecule has 0 unspecified atom stereocenters. The number of thiophene rings is 1. The average molecular weight is 534 g/mol. The predicted octanol–water partition coefficient (Wildman–Crippen LogP) is 8.73. The molecule has 5 rings (SSSR count). The van der Waals surface area contributed by atoms with E-state index in [2.05, 4.69) is 38.2 Å². The summed E-state index contributed by atoms with van der Waals surface area (Å²) in [6, 6.07) is 29.6. The Bertz CT molecular complexity index is 1550. The first-order chi connectivity index (χ1) is 18.9. The van der Waals surface area contributed by atoms with Crippen LogP contribution in [0.4, 0.5) is 5.69 Å². The van der Waals surface area contributed by atoms with Crippen molar-refractivity contribution in [1.29, 1.82) is 0 Å². The van der Waals surface area contributed by atoms with Crippen molar-refractivity contribution in [2.24, 2.45) is 0 Å². The largest absolute Gasteiger partial charge is 0.457 e. The van der Waals surface area contributed by atoms with Crippen molar-refractivity contribution in [1.82, 2.24) is 9.78 Å². The van der Waals surface area contributed by atoms with Crippen LogP contribution in [-0.2, 0) is 10.2 Å². The van der Waals surface area contributed by atoms with Crippen molar-refractivity contribution in [3.05, 3.63) is 120 Å². The number of nitrogens with one attached hydrogen (secondary N) is 1. The van der Waals surface area contributed by atoms with Crippen molar-refractivity contribution in [2.75, 3.05) is 5.32 Å². The van der Waals surface area contributed by atoms with Gasteiger partial charge in [-0.15, -0.1) is 11.3 Å². The Morgan fingerprint density at radius 2 is 1.64 bits per heavy atom. The second kappa shape index (κ2) is 11.5. The highest BCUT2D eigenvalue weighted by Crippen LogP contribution is 2.31. The molecule has 3 aromatic carbocycles. The number of hydrogen-bond acceptors (Lipinski definition) is 4. The Kier molecular flexibility index (Phi) is 7.75. The number of aromatic nitrogens is 2. The van der Waals surface area contributed by atoms with Crippen LogP contribution in [0.25, 0.3) is 22.3 Å². The smallest absolute Gasteiger partial charge is 0.248 e. The molecular weight excluding hydrogens is 502 g/mol. The maximum atomic E-state index is 12.7. The number of amides is 1. The molecule has 5 nitrogen and oxygen atoms in total. The molecule has 0 fully saturated rings. The number of nitrogens with zero attached hydrogens (tertiary/aromatic N) is 2. The first-order valence-electron chi connectivity index (χ1n) is 13.0. The van der Waals surface area contributed by atoms with Gasteiger partial charge in [-0.2, -0.15) is 5.10 Å². The number of carbonyl (C=O) groups excluding carboxylic acids is 1. The fraction of sp³-hybridized carbons (Fsp3) is 0.152. The second-order valence-electron chi connectivity index (χ2n) is 9.90. The highest BCUT2D eigenvalue weighted by Gasteiger charge is 2.17. The van der Waals surface area contributed by atoms with Gasteiger partial charge in [-0.1, -0.05) is 57.2 Å². The third kappa shape index (κ3) is 6.36. The molecule has 0 saturated carbocycles. The van der Waals surface area contributed by atoms with Crippen molar-refractivity contribution >= 4 is 29.0 Å². The summed E-state index contributed by atoms with van der Waals surface area (Å²) in [6.07, 6.45) is 6.35. The van der Waals surface area contributed by atoms with Crippen LogP contribution in [0.5, 0.6) is 11.5 Å². The highest BCUT2D eigenvalue weighted by molar-refractivity contribution is 7.13. The Morgan fingerprint density at radius 3 is 2.28 bits per heavy atom. The lowest BCUT2D eigenvalue weighted by molar-refractivity contribution is -0.111. The quantitative estimate of drug-likeness (QED) is 0.193. The summed E-state index contributed by atoms with van der Waals surface area (Å²) < 4.78 is 7.83. The number of hydrogen-bond donors (Lipinski definition) is 1. The van der Waals surface area contributed by atoms with Gasteiger partial charge in [0.2, 0.25) is 5.91 Å². The lowest BCUT2D eigenvalue weighted by Gasteiger charge is -2.23. The molecule has 2 aromatic heterocycles. The van der Waals surface area contributed by atoms with Crippen LogP contribution in [-0.4, -0.2) is 15.7 Å². The molecule has 0 bridgehead atoms. The van der Waals surface area contributed by atoms with E-state index in [0.29, 0.717) is 11.4 Å². The summed E-state index contributed by atoms with van der Waals surface area (Å²) in [6.45, 7) is 6.68. The summed E-state index contributed by atoms with van der Waals surface area (Å²) in [4.78, 5) is 13.8. The second-order valence-corrected chi connectivity index (χ2v) is 10.8. The molecule has 5 aromatic rings. The van der Waals surface area contributed by atoms with E-state index >= 15 is 0 Å². The van der Waals surface area contributed by atoms with Crippen molar-refractivity contribution in [3.63, 3.8) is 0 Å². The maximum absolute atomic E-state index is 12.7. The van der Waals surface area contributed by atoms with E-state index < -0.39 is 0 Å². The molecule has 0 aliphatic heterocycles. The normalized spacial score (nSPS) is 11.6. The summed E-state index contributed by atoms with van der Waals surface area (Å²) >= 11 is 1.62. The van der Waals surface area contributed by atoms with E-state index in [0.717, 1.165) is 34.0 Å². The number of para-hydroxylation sites is 1. The van der Waals surface area contributed by atoms with Crippen LogP contribution in [0, 0.1) is 0 Å². The van der Waals surface area contributed by atoms with E-state index in [1.54, 1.807) is 17.4 Å². The van der Waals surface area contributed by atoms with E-state index in [1.807, 2.05) is 95.1 Å². The molecule has 6 heteroatoms. The first-order valence-corrected chi connectivity index (χ1v) is 13.9. The predicted molar refractivity (Wildman–Crippen MR) is 161 cm³/mol. The van der Waals surface area contributed by atoms with Gasteiger partial charge < -0.3 is 10.1 Å². The van der Waals surface area contributed by atoms with Crippen LogP contribution < -0.4 is 10.1 Å². The molecule has 2 heterocycles. The summed E-state index contributed by atoms with van der Waals surface area (Å²) in [5.74, 6) is 1.27. The topological polar surface area (TPSA) is 56.1 Å². The molecule has 0 saturated heterocycles. The lowest BCUT2D eigenvalue weighted by Crippen LogP contribution is -2.14. The van der Waals surface area contributed by atoms with Crippen LogP contribution in [0.1, 0.15) is 38.3 Å². The lowest BCUT2D eigenvalue weighted by atomic mass is 9.82. The molecule has 196 valence electrons. The van der Waals surface area contributed by atoms with Gasteiger partial charge >= 0.3 is 0 Å². The van der Waals surface area contributed by atoms with Gasteiger partial charge in [-0.05, 0) is 83.5 Å². The Labute approximate surface area is 233 Å². The average Bonchev–Trinajstić information content (AvgIpc) is 3.64. The number of ether oxygens (including phenoxy) is 1. The Morgan fingerprint density at radius 1 is 0.949 bits per heavy atom. The van der Waals surface area contributed by atoms with Crippen LogP contribution in [0.15, 0.2) is 109 Å². The van der Waals surface area contributed by atoms with Gasteiger partial charge in [0.25, 0.3) is 0 Å². The fourth-order valence-corrected chi connectivity index (χ4v) is 4.83. The van der Waals surface area contributed by atoms with Crippen molar-refractivity contribution < 1.29 is 9.53 Å². The zero-order valence-corrected chi connectivity index (χ0v) is 23.1. The number of rotatable bonds is 9. The van der Waals surface area contributed by atoms with Gasteiger partial charge in [-0.25, -0.2) is 4.68 Å². The Balaban J connectivity index is 1.24. The SMILES string of the molecule is CCC(C)(C)c1ccc(Oc2ccc(NC(=O)C=Cc3cn(-c4ccccc4)nc3-c3cccs3)cc2)cc1. The van der Waals surface area contributed by atoms with E-state index in [9.17, 15) is 4.79 Å². The van der Waals surface area contributed by atoms with Gasteiger partial charge in [0.15, 0.2) is 0 Å². The third-order valence-electron chi connectivity index (χ3n) is 6.81. The molecule has 1 N–H and O–H groups in total. The van der Waals surface area contributed by atoms with E-state index in [4.69, 9.17) is 9.84 Å². The van der Waals surface area contributed by atoms with Crippen LogP contribution >= 0.6 is 11.3 Å². The molecule has 0 aliphatic rings. The summed E-state index contributed by atoms with van der Waals surface area (Å²) in [7, 11) is 0. The highest BCUT2D eigenvalue weighted by atomic mass is 32.1. The van der Waals surface area contributed by atoms with Gasteiger partial charge in [0.05, 0.1) is 10.6 Å². The van der Waals surface area contributed by atoms with Gasteiger partial charge in [0.1, 0.15) is 17.2 Å². The van der Waals surface area contributed by atoms with Crippen molar-refractivity contribution in [2.45, 2.75) is 32.6 Å². The zero-order chi connectivity index (χ0) is 27.2. The van der Waals surface area contributed by atoms with Crippen molar-refractivity contribution in [3.8, 4) is 27.8 Å². The minimum absolute atomic E-state index is 0.140. The van der Waals surface area contributed by atoms with Gasteiger partial charge in [-0.3, -0.25) is 4.79 Å². The van der Waals surface area contributed by atoms with E-state index in [-0.39, 0.29) is 11.3 Å².